The van der Waals surface area contributed by atoms with Crippen LogP contribution in [-0.4, -0.2) is 77.6 Å². The highest BCUT2D eigenvalue weighted by Gasteiger charge is 2.21. The number of anilines is 1. The number of hydrogen-bond acceptors (Lipinski definition) is 11. The number of fused-ring (bicyclic) bond motifs is 1. The summed E-state index contributed by atoms with van der Waals surface area (Å²) in [6.07, 6.45) is 14.6. The molecule has 3 amide bonds. The minimum Gasteiger partial charge on any atom is -0.453 e. The molecule has 0 radical (unpaired) electrons. The average molecular weight is 660 g/mol. The van der Waals surface area contributed by atoms with Crippen molar-refractivity contribution in [3.63, 3.8) is 0 Å². The van der Waals surface area contributed by atoms with Crippen LogP contribution < -0.4 is 32.8 Å². The number of amides is 3. The number of hydrazine groups is 2. The van der Waals surface area contributed by atoms with Gasteiger partial charge in [-0.25, -0.2) is 14.1 Å². The van der Waals surface area contributed by atoms with E-state index < -0.39 is 0 Å². The number of pyridine rings is 1. The number of carbonyl (C=O) groups is 2. The van der Waals surface area contributed by atoms with Gasteiger partial charge in [0, 0.05) is 49.3 Å². The number of hydrogen-bond donors (Lipinski definition) is 6. The van der Waals surface area contributed by atoms with Crippen LogP contribution in [0.4, 0.5) is 15.3 Å². The van der Waals surface area contributed by atoms with Gasteiger partial charge in [0.05, 0.1) is 54.7 Å². The summed E-state index contributed by atoms with van der Waals surface area (Å²) < 4.78 is 11.4. The van der Waals surface area contributed by atoms with Crippen molar-refractivity contribution in [3.8, 4) is 17.5 Å². The smallest absolute Gasteiger partial charge is 0.406 e. The third kappa shape index (κ3) is 9.26. The van der Waals surface area contributed by atoms with Crippen molar-refractivity contribution in [2.24, 2.45) is 5.92 Å². The summed E-state index contributed by atoms with van der Waals surface area (Å²) in [5, 5.41) is 19.0. The number of methoxy groups -OCH3 is 1. The quantitative estimate of drug-likeness (QED) is 0.235. The highest BCUT2D eigenvalue weighted by atomic mass is 16.5. The first-order valence-electron chi connectivity index (χ1n) is 16.5. The van der Waals surface area contributed by atoms with Crippen LogP contribution in [0.25, 0.3) is 22.6 Å². The number of nitrogen functional groups attached to an aromatic ring is 1. The molecule has 1 saturated heterocycles. The highest BCUT2D eigenvalue weighted by molar-refractivity contribution is 5.77. The topological polar surface area (TPSA) is 196 Å². The van der Waals surface area contributed by atoms with Crippen LogP contribution in [0.3, 0.4) is 0 Å². The van der Waals surface area contributed by atoms with Gasteiger partial charge in [0.2, 0.25) is 0 Å². The zero-order chi connectivity index (χ0) is 33.7. The van der Waals surface area contributed by atoms with Crippen molar-refractivity contribution in [1.29, 1.82) is 5.26 Å². The third-order valence-corrected chi connectivity index (χ3v) is 8.78. The molecule has 0 bridgehead atoms. The minimum absolute atomic E-state index is 0.102. The third-order valence-electron chi connectivity index (χ3n) is 8.78. The molecule has 3 fully saturated rings. The van der Waals surface area contributed by atoms with Gasteiger partial charge in [-0.3, -0.25) is 4.98 Å². The molecule has 2 aliphatic heterocycles. The van der Waals surface area contributed by atoms with Crippen LogP contribution >= 0.6 is 0 Å². The molecule has 0 aromatic carbocycles. The summed E-state index contributed by atoms with van der Waals surface area (Å²) in [6, 6.07) is 9.97. The summed E-state index contributed by atoms with van der Waals surface area (Å²) in [5.41, 5.74) is 19.8. The molecule has 15 heteroatoms. The molecule has 0 unspecified atom stereocenters. The van der Waals surface area contributed by atoms with Crippen LogP contribution in [0.15, 0.2) is 42.9 Å². The molecule has 5 heterocycles. The highest BCUT2D eigenvalue weighted by Crippen LogP contribution is 2.27. The summed E-state index contributed by atoms with van der Waals surface area (Å²) in [5.74, 6) is 0.707. The molecular weight excluding hydrogens is 614 g/mol. The summed E-state index contributed by atoms with van der Waals surface area (Å²) in [7, 11) is 1.39. The summed E-state index contributed by atoms with van der Waals surface area (Å²) >= 11 is 0. The Balaban J connectivity index is 0.000000155. The van der Waals surface area contributed by atoms with E-state index in [-0.39, 0.29) is 12.1 Å². The molecule has 2 aliphatic carbocycles. The summed E-state index contributed by atoms with van der Waals surface area (Å²) in [6.45, 7) is 3.61. The molecule has 2 saturated carbocycles. The molecule has 7 rings (SSSR count). The van der Waals surface area contributed by atoms with Crippen molar-refractivity contribution in [3.05, 3.63) is 54.0 Å². The van der Waals surface area contributed by atoms with E-state index in [0.717, 1.165) is 54.9 Å². The maximum Gasteiger partial charge on any atom is 0.406 e. The number of ether oxygens (including phenoxy) is 2. The van der Waals surface area contributed by atoms with Crippen LogP contribution in [0.5, 0.6) is 0 Å². The van der Waals surface area contributed by atoms with Crippen molar-refractivity contribution in [2.45, 2.75) is 57.4 Å². The number of alkyl carbamates (subject to hydrolysis) is 1. The van der Waals surface area contributed by atoms with E-state index in [1.165, 1.54) is 51.8 Å². The van der Waals surface area contributed by atoms with E-state index in [1.54, 1.807) is 29.0 Å². The number of urea groups is 1. The van der Waals surface area contributed by atoms with Gasteiger partial charge in [0.15, 0.2) is 0 Å². The number of morpholine rings is 1. The van der Waals surface area contributed by atoms with E-state index in [4.69, 9.17) is 15.7 Å². The van der Waals surface area contributed by atoms with Crippen LogP contribution in [-0.2, 0) is 9.47 Å². The number of nitrogens with two attached hydrogens (primary N) is 1. The Morgan fingerprint density at radius 2 is 1.90 bits per heavy atom. The second kappa shape index (κ2) is 17.2. The lowest BCUT2D eigenvalue weighted by molar-refractivity contribution is 0.0521. The standard InChI is InChI=1S/C15H12N8.C11H20N2O2.C7H13NO2/c16-5-9-3-10-1-2-15(23(10)20-6-9)13-4-12(17)11(7-18-13)14-8-19-22-21-14;14-11(13-6-8-15-9-7-13)12-10-4-2-1-3-5-10;1-10-7(9)8-5-6-3-2-4-6/h1-4,6-8,19,21-22H,(H2,17,18);10H,1-9H2,(H,12,14);6H,2-5H2,1H3,(H,8,9). The maximum atomic E-state index is 11.8. The lowest BCUT2D eigenvalue weighted by Gasteiger charge is -2.30. The number of rotatable bonds is 5. The Morgan fingerprint density at radius 3 is 2.54 bits per heavy atom. The van der Waals surface area contributed by atoms with Crippen molar-refractivity contribution < 1.29 is 19.1 Å². The predicted octanol–water partition coefficient (Wildman–Crippen LogP) is 3.26. The monoisotopic (exact) mass is 659 g/mol. The Hall–Kier alpha value is -5.07. The van der Waals surface area contributed by atoms with Crippen molar-refractivity contribution >= 4 is 29.0 Å². The van der Waals surface area contributed by atoms with Gasteiger partial charge in [0.25, 0.3) is 0 Å². The van der Waals surface area contributed by atoms with Gasteiger partial charge in [0.1, 0.15) is 6.07 Å². The second-order valence-corrected chi connectivity index (χ2v) is 12.1. The maximum absolute atomic E-state index is 11.8. The lowest BCUT2D eigenvalue weighted by atomic mass is 9.85. The van der Waals surface area contributed by atoms with Crippen molar-refractivity contribution in [1.82, 2.24) is 46.5 Å². The number of carbonyl (C=O) groups excluding carboxylic acids is 2. The van der Waals surface area contributed by atoms with E-state index in [0.29, 0.717) is 42.1 Å². The molecule has 3 aromatic rings. The molecule has 48 heavy (non-hydrogen) atoms. The number of nitrogens with zero attached hydrogens (tertiary/aromatic N) is 5. The van der Waals surface area contributed by atoms with Gasteiger partial charge >= 0.3 is 12.1 Å². The zero-order valence-corrected chi connectivity index (χ0v) is 27.3. The molecule has 7 N–H and O–H groups in total. The van der Waals surface area contributed by atoms with Crippen LogP contribution in [0.2, 0.25) is 0 Å². The first-order chi connectivity index (χ1) is 23.4. The predicted molar refractivity (Wildman–Crippen MR) is 180 cm³/mol. The Bertz CT molecular complexity index is 1600. The van der Waals surface area contributed by atoms with Crippen LogP contribution in [0, 0.1) is 17.2 Å². The molecule has 4 aliphatic rings. The van der Waals surface area contributed by atoms with Gasteiger partial charge in [-0.1, -0.05) is 25.7 Å². The van der Waals surface area contributed by atoms with Crippen LogP contribution in [0.1, 0.15) is 62.5 Å². The molecular formula is C33H45N11O4. The van der Waals surface area contributed by atoms with Gasteiger partial charge in [-0.2, -0.15) is 15.9 Å². The molecule has 3 aromatic heterocycles. The molecule has 0 spiro atoms. The Kier molecular flexibility index (Phi) is 12.3. The fourth-order valence-corrected chi connectivity index (χ4v) is 5.76. The summed E-state index contributed by atoms with van der Waals surface area (Å²) in [4.78, 5) is 28.7. The number of nitrogens with one attached hydrogen (secondary N) is 5. The largest absolute Gasteiger partial charge is 0.453 e. The normalized spacial score (nSPS) is 17.5. The second-order valence-electron chi connectivity index (χ2n) is 12.1. The molecule has 0 atom stereocenters. The van der Waals surface area contributed by atoms with Gasteiger partial charge in [-0.15, -0.1) is 0 Å². The lowest BCUT2D eigenvalue weighted by Crippen LogP contribution is -2.49. The van der Waals surface area contributed by atoms with E-state index >= 15 is 0 Å². The van der Waals surface area contributed by atoms with Crippen molar-refractivity contribution in [2.75, 3.05) is 45.7 Å². The van der Waals surface area contributed by atoms with E-state index in [2.05, 4.69) is 47.9 Å². The zero-order valence-electron chi connectivity index (χ0n) is 27.3. The average Bonchev–Trinajstić information content (AvgIpc) is 3.79. The Labute approximate surface area is 280 Å². The van der Waals surface area contributed by atoms with E-state index in [9.17, 15) is 9.59 Å². The first-order valence-corrected chi connectivity index (χ1v) is 16.5. The molecule has 15 nitrogen and oxygen atoms in total. The number of aromatic nitrogens is 3. The SMILES string of the molecule is COC(=O)NCC1CCC1.N#Cc1cnn2c(-c3cc(N)c(C4=CNNN4)cn3)ccc2c1.O=C(NC1CCCCC1)N1CCOCC1. The fourth-order valence-electron chi connectivity index (χ4n) is 5.76. The van der Waals surface area contributed by atoms with E-state index in [1.807, 2.05) is 17.0 Å². The van der Waals surface area contributed by atoms with Gasteiger partial charge in [-0.05, 0) is 55.9 Å². The molecule has 256 valence electrons. The minimum atomic E-state index is -0.313. The van der Waals surface area contributed by atoms with Gasteiger partial charge < -0.3 is 41.6 Å². The first kappa shape index (κ1) is 34.3. The fraction of sp³-hybridized carbons (Fsp3) is 0.485. The Morgan fingerprint density at radius 1 is 1.10 bits per heavy atom. The number of nitriles is 1.